The van der Waals surface area contributed by atoms with Crippen LogP contribution in [0.15, 0.2) is 0 Å². The van der Waals surface area contributed by atoms with E-state index in [0.717, 1.165) is 0 Å². The van der Waals surface area contributed by atoms with E-state index in [0.29, 0.717) is 0 Å². The first-order chi connectivity index (χ1) is 3.00. The first kappa shape index (κ1) is 12.2. The SMILES string of the molecule is C1CCCCC1.[AlH3].[HH].[HH].[HH].[NaH]. The van der Waals surface area contributed by atoms with Gasteiger partial charge in [0.15, 0.2) is 17.4 Å². The third-order valence-corrected chi connectivity index (χ3v) is 1.50. The van der Waals surface area contributed by atoms with Crippen molar-refractivity contribution in [2.24, 2.45) is 0 Å². The predicted molar refractivity (Wildman–Crippen MR) is 51.1 cm³/mol. The van der Waals surface area contributed by atoms with Crippen LogP contribution in [0.25, 0.3) is 0 Å². The minimum absolute atomic E-state index is 0. The van der Waals surface area contributed by atoms with Gasteiger partial charge in [-0.05, 0) is 0 Å². The van der Waals surface area contributed by atoms with Crippen molar-refractivity contribution < 1.29 is 4.28 Å². The Hall–Kier alpha value is 1.53. The molecule has 1 aliphatic carbocycles. The van der Waals surface area contributed by atoms with Gasteiger partial charge in [-0.1, -0.05) is 38.5 Å². The Kier molecular flexibility index (Phi) is 13.0. The Morgan fingerprint density at radius 3 is 0.875 bits per heavy atom. The van der Waals surface area contributed by atoms with Crippen LogP contribution in [0, 0.1) is 0 Å². The second kappa shape index (κ2) is 8.53. The van der Waals surface area contributed by atoms with Gasteiger partial charge in [0.25, 0.3) is 0 Å². The van der Waals surface area contributed by atoms with E-state index in [-0.39, 0.29) is 51.2 Å². The van der Waals surface area contributed by atoms with Crippen molar-refractivity contribution in [3.8, 4) is 0 Å². The summed E-state index contributed by atoms with van der Waals surface area (Å²) >= 11 is 0. The second-order valence-corrected chi connectivity index (χ2v) is 2.12. The van der Waals surface area contributed by atoms with E-state index in [2.05, 4.69) is 0 Å². The van der Waals surface area contributed by atoms with Crippen molar-refractivity contribution in [1.29, 1.82) is 0 Å². The fraction of sp³-hybridized carbons (Fsp3) is 1.00. The molecule has 1 fully saturated rings. The van der Waals surface area contributed by atoms with E-state index in [1.807, 2.05) is 0 Å². The van der Waals surface area contributed by atoms with Crippen molar-refractivity contribution in [2.45, 2.75) is 38.5 Å². The molecule has 1 rings (SSSR count). The summed E-state index contributed by atoms with van der Waals surface area (Å²) in [5, 5.41) is 0. The Labute approximate surface area is 89.3 Å². The molecule has 0 bridgehead atoms. The average Bonchev–Trinajstić information content (AvgIpc) is 1.72. The number of hydrogen-bond donors (Lipinski definition) is 0. The molecule has 0 amide bonds. The molecule has 0 heterocycles. The summed E-state index contributed by atoms with van der Waals surface area (Å²) in [7, 11) is 0. The first-order valence-electron chi connectivity index (χ1n) is 3.00. The quantitative estimate of drug-likeness (QED) is 0.449. The van der Waals surface area contributed by atoms with Gasteiger partial charge in [0.2, 0.25) is 0 Å². The van der Waals surface area contributed by atoms with Crippen LogP contribution >= 0.6 is 0 Å². The number of hydrogen-bond acceptors (Lipinski definition) is 0. The zero-order chi connectivity index (χ0) is 4.24. The van der Waals surface area contributed by atoms with Gasteiger partial charge in [0, 0.05) is 4.28 Å². The molecule has 1 saturated carbocycles. The van der Waals surface area contributed by atoms with Crippen LogP contribution in [0.3, 0.4) is 0 Å². The maximum absolute atomic E-state index is 1.50. The summed E-state index contributed by atoms with van der Waals surface area (Å²) in [6.07, 6.45) is 9.00. The summed E-state index contributed by atoms with van der Waals surface area (Å²) in [5.74, 6) is 0. The Morgan fingerprint density at radius 2 is 0.750 bits per heavy atom. The maximum atomic E-state index is 1.50. The van der Waals surface area contributed by atoms with Crippen molar-refractivity contribution >= 4 is 46.9 Å². The molecular weight excluding hydrogens is 122 g/mol. The summed E-state index contributed by atoms with van der Waals surface area (Å²) < 4.78 is 0. The molecule has 0 radical (unpaired) electrons. The van der Waals surface area contributed by atoms with Crippen molar-refractivity contribution in [2.75, 3.05) is 0 Å². The van der Waals surface area contributed by atoms with E-state index in [1.165, 1.54) is 38.5 Å². The van der Waals surface area contributed by atoms with Gasteiger partial charge in [0.05, 0.1) is 0 Å². The molecule has 0 aromatic heterocycles. The molecule has 2 heteroatoms. The van der Waals surface area contributed by atoms with Crippen LogP contribution < -0.4 is 0 Å². The van der Waals surface area contributed by atoms with Crippen LogP contribution in [0.5, 0.6) is 0 Å². The van der Waals surface area contributed by atoms with Gasteiger partial charge >= 0.3 is 29.6 Å². The zero-order valence-corrected chi connectivity index (χ0v) is 4.24. The molecule has 0 N–H and O–H groups in total. The summed E-state index contributed by atoms with van der Waals surface area (Å²) in [6, 6.07) is 0. The Balaban J connectivity index is -0.0000000240. The van der Waals surface area contributed by atoms with Crippen molar-refractivity contribution in [3.05, 3.63) is 0 Å². The van der Waals surface area contributed by atoms with Gasteiger partial charge in [0.1, 0.15) is 0 Å². The number of rotatable bonds is 0. The second-order valence-electron chi connectivity index (χ2n) is 2.12. The van der Waals surface area contributed by atoms with Gasteiger partial charge in [-0.25, -0.2) is 0 Å². The van der Waals surface area contributed by atoms with Crippen LogP contribution in [0.2, 0.25) is 0 Å². The third-order valence-electron chi connectivity index (χ3n) is 1.50. The molecule has 8 heavy (non-hydrogen) atoms. The minimum atomic E-state index is 0. The molecule has 0 aromatic carbocycles. The molecule has 50 valence electrons. The molecule has 0 nitrogen and oxygen atoms in total. The fourth-order valence-electron chi connectivity index (χ4n) is 1.06. The molecule has 1 aliphatic rings. The van der Waals surface area contributed by atoms with Crippen LogP contribution in [0.4, 0.5) is 0 Å². The van der Waals surface area contributed by atoms with Gasteiger partial charge in [-0.15, -0.1) is 0 Å². The molecule has 0 aromatic rings. The predicted octanol–water partition coefficient (Wildman–Crippen LogP) is 1.25. The van der Waals surface area contributed by atoms with E-state index in [9.17, 15) is 0 Å². The van der Waals surface area contributed by atoms with Crippen molar-refractivity contribution in [1.82, 2.24) is 0 Å². The Bertz CT molecular complexity index is 33.3. The summed E-state index contributed by atoms with van der Waals surface area (Å²) in [6.45, 7) is 0. The molecule has 0 saturated heterocycles. The Morgan fingerprint density at radius 1 is 0.625 bits per heavy atom. The molecule has 0 atom stereocenters. The zero-order valence-electron chi connectivity index (χ0n) is 4.24. The fourth-order valence-corrected chi connectivity index (χ4v) is 1.06. The summed E-state index contributed by atoms with van der Waals surface area (Å²) in [4.78, 5) is 0. The molecule has 0 aliphatic heterocycles. The average molecular weight is 144 g/mol. The van der Waals surface area contributed by atoms with Gasteiger partial charge < -0.3 is 0 Å². The third kappa shape index (κ3) is 5.67. The normalized spacial score (nSPS) is 18.0. The topological polar surface area (TPSA) is 0 Å². The van der Waals surface area contributed by atoms with E-state index >= 15 is 0 Å². The van der Waals surface area contributed by atoms with Crippen LogP contribution in [-0.2, 0) is 0 Å². The van der Waals surface area contributed by atoms with Crippen LogP contribution in [0.1, 0.15) is 42.8 Å². The van der Waals surface area contributed by atoms with Crippen molar-refractivity contribution in [3.63, 3.8) is 0 Å². The molecule has 0 unspecified atom stereocenters. The monoisotopic (exact) mass is 144 g/mol. The van der Waals surface area contributed by atoms with E-state index in [4.69, 9.17) is 0 Å². The molecular formula is C6H22AlNa. The standard InChI is InChI=1S/C6H12.Al.Na.3H2.4H/c1-2-4-6-5-3-1;;;;;;;;;/h1-6H2;;;3*1H;;;;. The van der Waals surface area contributed by atoms with E-state index < -0.39 is 0 Å². The van der Waals surface area contributed by atoms with Gasteiger partial charge in [-0.2, -0.15) is 0 Å². The van der Waals surface area contributed by atoms with E-state index in [1.54, 1.807) is 0 Å². The van der Waals surface area contributed by atoms with Crippen LogP contribution in [-0.4, -0.2) is 46.9 Å². The summed E-state index contributed by atoms with van der Waals surface area (Å²) in [5.41, 5.74) is 0. The molecule has 0 spiro atoms. The first-order valence-corrected chi connectivity index (χ1v) is 3.00. The van der Waals surface area contributed by atoms with Gasteiger partial charge in [-0.3, -0.25) is 0 Å².